The number of hydrogen-bond acceptors (Lipinski definition) is 7. The van der Waals surface area contributed by atoms with E-state index in [4.69, 9.17) is 9.26 Å². The Hall–Kier alpha value is -4.13. The molecule has 4 aliphatic rings. The molecule has 0 radical (unpaired) electrons. The first-order chi connectivity index (χ1) is 20.1. The van der Waals surface area contributed by atoms with Gasteiger partial charge in [0.15, 0.2) is 0 Å². The van der Waals surface area contributed by atoms with Gasteiger partial charge in [-0.3, -0.25) is 0 Å². The number of para-hydroxylation sites is 1. The number of carbonyl (C=O) groups is 2. The highest BCUT2D eigenvalue weighted by molar-refractivity contribution is 5.94. The summed E-state index contributed by atoms with van der Waals surface area (Å²) in [5, 5.41) is 6.66. The highest BCUT2D eigenvalue weighted by Crippen LogP contribution is 2.46. The maximum Gasteiger partial charge on any atom is 0.573 e. The van der Waals surface area contributed by atoms with Crippen LogP contribution in [0.1, 0.15) is 59.7 Å². The van der Waals surface area contributed by atoms with Crippen molar-refractivity contribution in [3.05, 3.63) is 65.2 Å². The van der Waals surface area contributed by atoms with Crippen molar-refractivity contribution in [2.24, 2.45) is 0 Å². The monoisotopic (exact) mass is 589 g/mol. The SMILES string of the molecule is COC(=O)c1ccc(F)c(NC(=O)N2C3CC(OCc4c(-c5ccccc5OC(F)(F)F)noc4C4CC4)CC2C3)c1. The molecule has 2 bridgehead atoms. The van der Waals surface area contributed by atoms with Gasteiger partial charge in [-0.1, -0.05) is 17.3 Å². The van der Waals surface area contributed by atoms with E-state index in [0.717, 1.165) is 25.3 Å². The number of esters is 1. The summed E-state index contributed by atoms with van der Waals surface area (Å²) in [6.07, 6.45) is -1.47. The van der Waals surface area contributed by atoms with Crippen LogP contribution in [0.3, 0.4) is 0 Å². The number of nitrogens with zero attached hydrogens (tertiary/aromatic N) is 2. The molecule has 2 aromatic carbocycles. The largest absolute Gasteiger partial charge is 0.573 e. The van der Waals surface area contributed by atoms with Gasteiger partial charge >= 0.3 is 18.4 Å². The fraction of sp³-hybridized carbons (Fsp3) is 0.414. The molecular formula is C29H27F4N3O6. The number of carbonyl (C=O) groups excluding carboxylic acids is 2. The number of nitrogens with one attached hydrogen (secondary N) is 1. The number of halogens is 4. The number of alkyl halides is 3. The van der Waals surface area contributed by atoms with Crippen molar-refractivity contribution < 1.29 is 45.9 Å². The van der Waals surface area contributed by atoms with E-state index in [1.54, 1.807) is 11.0 Å². The number of methoxy groups -OCH3 is 1. The minimum atomic E-state index is -4.87. The molecule has 42 heavy (non-hydrogen) atoms. The maximum atomic E-state index is 14.3. The molecule has 2 aliphatic carbocycles. The first-order valence-corrected chi connectivity index (χ1v) is 13.5. The molecule has 13 heteroatoms. The Morgan fingerprint density at radius 1 is 1.10 bits per heavy atom. The summed E-state index contributed by atoms with van der Waals surface area (Å²) in [7, 11) is 1.21. The smallest absolute Gasteiger partial charge is 0.465 e. The van der Waals surface area contributed by atoms with E-state index in [9.17, 15) is 27.2 Å². The summed E-state index contributed by atoms with van der Waals surface area (Å²) < 4.78 is 74.2. The highest BCUT2D eigenvalue weighted by Gasteiger charge is 2.48. The summed E-state index contributed by atoms with van der Waals surface area (Å²) in [5.41, 5.74) is 0.975. The second kappa shape index (κ2) is 10.9. The molecule has 1 N–H and O–H groups in total. The molecule has 2 amide bonds. The number of hydrogen-bond donors (Lipinski definition) is 1. The van der Waals surface area contributed by atoms with Crippen molar-refractivity contribution in [3.63, 3.8) is 0 Å². The third-order valence-electron chi connectivity index (χ3n) is 7.86. The minimum Gasteiger partial charge on any atom is -0.465 e. The van der Waals surface area contributed by atoms with Crippen molar-refractivity contribution in [3.8, 4) is 17.0 Å². The van der Waals surface area contributed by atoms with Crippen LogP contribution in [-0.2, 0) is 16.1 Å². The Morgan fingerprint density at radius 2 is 1.83 bits per heavy atom. The molecule has 9 nitrogen and oxygen atoms in total. The second-order valence-corrected chi connectivity index (χ2v) is 10.7. The van der Waals surface area contributed by atoms with Gasteiger partial charge in [0.1, 0.15) is 23.0 Å². The number of piperidine rings is 1. The number of aromatic nitrogens is 1. The van der Waals surface area contributed by atoms with E-state index >= 15 is 0 Å². The van der Waals surface area contributed by atoms with Crippen LogP contribution in [-0.4, -0.2) is 53.7 Å². The van der Waals surface area contributed by atoms with E-state index in [0.29, 0.717) is 24.2 Å². The van der Waals surface area contributed by atoms with E-state index < -0.39 is 24.2 Å². The van der Waals surface area contributed by atoms with Crippen LogP contribution in [0.15, 0.2) is 47.0 Å². The van der Waals surface area contributed by atoms with Crippen molar-refractivity contribution >= 4 is 17.7 Å². The highest BCUT2D eigenvalue weighted by atomic mass is 19.4. The molecule has 2 atom stereocenters. The summed E-state index contributed by atoms with van der Waals surface area (Å²) in [6, 6.07) is 8.61. The molecule has 1 aromatic heterocycles. The van der Waals surface area contributed by atoms with Crippen molar-refractivity contribution in [2.45, 2.75) is 69.2 Å². The van der Waals surface area contributed by atoms with Crippen molar-refractivity contribution in [1.29, 1.82) is 0 Å². The number of amides is 2. The predicted octanol–water partition coefficient (Wildman–Crippen LogP) is 6.40. The van der Waals surface area contributed by atoms with E-state index in [-0.39, 0.29) is 59.0 Å². The van der Waals surface area contributed by atoms with Gasteiger partial charge in [0.25, 0.3) is 0 Å². The molecule has 2 saturated carbocycles. The lowest BCUT2D eigenvalue weighted by Gasteiger charge is -2.54. The van der Waals surface area contributed by atoms with E-state index in [1.807, 2.05) is 0 Å². The zero-order valence-corrected chi connectivity index (χ0v) is 22.4. The Balaban J connectivity index is 1.12. The molecule has 3 heterocycles. The van der Waals surface area contributed by atoms with Crippen LogP contribution in [0, 0.1) is 5.82 Å². The van der Waals surface area contributed by atoms with Gasteiger partial charge in [-0.05, 0) is 62.4 Å². The number of anilines is 1. The van der Waals surface area contributed by atoms with Gasteiger partial charge in [-0.25, -0.2) is 14.0 Å². The topological polar surface area (TPSA) is 103 Å². The Labute approximate surface area is 237 Å². The van der Waals surface area contributed by atoms with Crippen molar-refractivity contribution in [1.82, 2.24) is 10.1 Å². The van der Waals surface area contributed by atoms with Gasteiger partial charge in [-0.2, -0.15) is 0 Å². The molecule has 2 aliphatic heterocycles. The molecule has 2 saturated heterocycles. The number of fused-ring (bicyclic) bond motifs is 2. The molecule has 2 unspecified atom stereocenters. The van der Waals surface area contributed by atoms with Crippen LogP contribution in [0.25, 0.3) is 11.3 Å². The Morgan fingerprint density at radius 3 is 2.52 bits per heavy atom. The average molecular weight is 590 g/mol. The Bertz CT molecular complexity index is 1490. The molecule has 222 valence electrons. The van der Waals surface area contributed by atoms with Gasteiger partial charge in [0.2, 0.25) is 0 Å². The van der Waals surface area contributed by atoms with Gasteiger partial charge in [-0.15, -0.1) is 13.2 Å². The normalized spacial score (nSPS) is 21.5. The van der Waals surface area contributed by atoms with Gasteiger partial charge in [0.05, 0.1) is 31.1 Å². The number of benzene rings is 2. The summed E-state index contributed by atoms with van der Waals surface area (Å²) >= 11 is 0. The van der Waals surface area contributed by atoms with Crippen LogP contribution in [0.2, 0.25) is 0 Å². The van der Waals surface area contributed by atoms with Crippen molar-refractivity contribution in [2.75, 3.05) is 12.4 Å². The van der Waals surface area contributed by atoms with Gasteiger partial charge in [0, 0.05) is 29.1 Å². The fourth-order valence-corrected chi connectivity index (χ4v) is 5.75. The maximum absolute atomic E-state index is 14.3. The molecule has 4 fully saturated rings. The lowest BCUT2D eigenvalue weighted by molar-refractivity contribution is -0.274. The molecule has 0 spiro atoms. The summed E-state index contributed by atoms with van der Waals surface area (Å²) in [4.78, 5) is 26.4. The fourth-order valence-electron chi connectivity index (χ4n) is 5.75. The number of rotatable bonds is 8. The third kappa shape index (κ3) is 5.65. The molecule has 7 rings (SSSR count). The van der Waals surface area contributed by atoms with E-state index in [1.165, 1.54) is 37.4 Å². The third-order valence-corrected chi connectivity index (χ3v) is 7.86. The van der Waals surface area contributed by atoms with Gasteiger partial charge < -0.3 is 29.0 Å². The van der Waals surface area contributed by atoms with Crippen LogP contribution < -0.4 is 10.1 Å². The van der Waals surface area contributed by atoms with E-state index in [2.05, 4.69) is 19.9 Å². The van der Waals surface area contributed by atoms with Crippen LogP contribution >= 0.6 is 0 Å². The number of ether oxygens (including phenoxy) is 3. The van der Waals surface area contributed by atoms with Crippen LogP contribution in [0.5, 0.6) is 5.75 Å². The Kier molecular flexibility index (Phi) is 7.29. The minimum absolute atomic E-state index is 0.0762. The number of urea groups is 1. The first-order valence-electron chi connectivity index (χ1n) is 13.5. The molecular weight excluding hydrogens is 562 g/mol. The zero-order valence-electron chi connectivity index (χ0n) is 22.4. The first kappa shape index (κ1) is 28.0. The lowest BCUT2D eigenvalue weighted by atomic mass is 9.78. The van der Waals surface area contributed by atoms with Crippen LogP contribution in [0.4, 0.5) is 28.0 Å². The second-order valence-electron chi connectivity index (χ2n) is 10.7. The standard InChI is InChI=1S/C29H27F4N3O6/c1-39-27(37)16-8-9-22(30)23(10-16)34-28(38)36-17-11-18(36)13-19(12-17)40-14-21-25(35-42-26(21)15-6-7-15)20-4-2-3-5-24(20)41-29(31,32)33/h2-5,8-10,15,17-19H,6-7,11-14H2,1H3,(H,34,38). The summed E-state index contributed by atoms with van der Waals surface area (Å²) in [6.45, 7) is 0.0762. The molecule has 3 aromatic rings. The lowest BCUT2D eigenvalue weighted by Crippen LogP contribution is -2.65. The zero-order chi connectivity index (χ0) is 29.6. The quantitative estimate of drug-likeness (QED) is 0.240. The predicted molar refractivity (Wildman–Crippen MR) is 139 cm³/mol. The summed E-state index contributed by atoms with van der Waals surface area (Å²) in [5.74, 6) is -0.969. The average Bonchev–Trinajstić information content (AvgIpc) is 3.71.